The van der Waals surface area contributed by atoms with Gasteiger partial charge in [0.1, 0.15) is 18.1 Å². The quantitative estimate of drug-likeness (QED) is 0.290. The third-order valence-corrected chi connectivity index (χ3v) is 4.33. The first-order chi connectivity index (χ1) is 13.0. The zero-order valence-electron chi connectivity index (χ0n) is 14.9. The maximum absolute atomic E-state index is 12.5. The van der Waals surface area contributed by atoms with Gasteiger partial charge in [0.15, 0.2) is 0 Å². The number of hydrazone groups is 1. The Morgan fingerprint density at radius 1 is 1.15 bits per heavy atom. The van der Waals surface area contributed by atoms with Gasteiger partial charge in [0.2, 0.25) is 0 Å². The Hall–Kier alpha value is -2.12. The van der Waals surface area contributed by atoms with Crippen LogP contribution in [0.4, 0.5) is 0 Å². The lowest BCUT2D eigenvalue weighted by molar-refractivity contribution is 0.0951. The number of hydrogen-bond acceptors (Lipinski definition) is 4. The molecule has 1 amide bonds. The minimum Gasteiger partial charge on any atom is -0.493 e. The smallest absolute Gasteiger partial charge is 0.275 e. The number of benzene rings is 2. The molecule has 2 aromatic rings. The summed E-state index contributed by atoms with van der Waals surface area (Å²) in [6, 6.07) is 10.8. The second-order valence-electron chi connectivity index (χ2n) is 5.47. The van der Waals surface area contributed by atoms with Crippen LogP contribution in [0, 0.1) is 0 Å². The van der Waals surface area contributed by atoms with Crippen LogP contribution < -0.4 is 14.9 Å². The van der Waals surface area contributed by atoms with E-state index in [0.29, 0.717) is 30.3 Å². The van der Waals surface area contributed by atoms with Gasteiger partial charge in [-0.15, -0.1) is 0 Å². The van der Waals surface area contributed by atoms with Crippen molar-refractivity contribution in [1.29, 1.82) is 0 Å². The van der Waals surface area contributed by atoms with Crippen molar-refractivity contribution >= 4 is 44.0 Å². The predicted octanol–water partition coefficient (Wildman–Crippen LogP) is 5.33. The van der Waals surface area contributed by atoms with E-state index in [4.69, 9.17) is 9.47 Å². The summed E-state index contributed by atoms with van der Waals surface area (Å²) in [4.78, 5) is 12.5. The molecule has 0 fully saturated rings. The van der Waals surface area contributed by atoms with E-state index < -0.39 is 0 Å². The van der Waals surface area contributed by atoms with Crippen molar-refractivity contribution in [2.75, 3.05) is 13.2 Å². The summed E-state index contributed by atoms with van der Waals surface area (Å²) >= 11 is 6.79. The summed E-state index contributed by atoms with van der Waals surface area (Å²) in [7, 11) is 0. The third-order valence-electron chi connectivity index (χ3n) is 3.35. The normalized spacial score (nSPS) is 10.6. The zero-order chi connectivity index (χ0) is 19.6. The van der Waals surface area contributed by atoms with Gasteiger partial charge in [-0.3, -0.25) is 4.79 Å². The van der Waals surface area contributed by atoms with Crippen molar-refractivity contribution in [3.05, 3.63) is 69.1 Å². The van der Waals surface area contributed by atoms with E-state index in [9.17, 15) is 4.79 Å². The Morgan fingerprint density at radius 3 is 2.56 bits per heavy atom. The molecular weight excluding hydrogens is 476 g/mol. The summed E-state index contributed by atoms with van der Waals surface area (Å²) in [6.07, 6.45) is 4.07. The van der Waals surface area contributed by atoms with E-state index in [1.807, 2.05) is 25.1 Å². The van der Waals surface area contributed by atoms with Crippen LogP contribution in [-0.4, -0.2) is 25.3 Å². The molecule has 0 bridgehead atoms. The second kappa shape index (κ2) is 10.9. The maximum atomic E-state index is 12.5. The van der Waals surface area contributed by atoms with Gasteiger partial charge in [-0.2, -0.15) is 5.10 Å². The molecule has 0 aliphatic carbocycles. The molecule has 0 radical (unpaired) electrons. The molecule has 0 aliphatic heterocycles. The molecule has 7 heteroatoms. The first kappa shape index (κ1) is 21.2. The summed E-state index contributed by atoms with van der Waals surface area (Å²) < 4.78 is 12.9. The Bertz CT molecular complexity index is 838. The SMILES string of the molecule is C=CCOc1ccc(Br)cc1C(=O)N/N=C\c1cc(Br)ccc1OCCC. The van der Waals surface area contributed by atoms with Gasteiger partial charge in [-0.25, -0.2) is 5.43 Å². The fraction of sp³-hybridized carbons (Fsp3) is 0.200. The number of rotatable bonds is 9. The van der Waals surface area contributed by atoms with Crippen LogP contribution in [0.15, 0.2) is 63.1 Å². The molecule has 0 saturated carbocycles. The Labute approximate surface area is 175 Å². The average Bonchev–Trinajstić information content (AvgIpc) is 2.66. The van der Waals surface area contributed by atoms with E-state index in [1.165, 1.54) is 0 Å². The first-order valence-corrected chi connectivity index (χ1v) is 9.92. The summed E-state index contributed by atoms with van der Waals surface area (Å²) in [5.74, 6) is 0.786. The van der Waals surface area contributed by atoms with Crippen LogP contribution in [0.2, 0.25) is 0 Å². The molecule has 0 heterocycles. The van der Waals surface area contributed by atoms with Gasteiger partial charge < -0.3 is 9.47 Å². The van der Waals surface area contributed by atoms with E-state index in [2.05, 4.69) is 49.0 Å². The van der Waals surface area contributed by atoms with Crippen molar-refractivity contribution in [3.8, 4) is 11.5 Å². The average molecular weight is 496 g/mol. The van der Waals surface area contributed by atoms with E-state index in [1.54, 1.807) is 30.5 Å². The molecule has 27 heavy (non-hydrogen) atoms. The molecule has 0 saturated heterocycles. The summed E-state index contributed by atoms with van der Waals surface area (Å²) in [5, 5.41) is 4.06. The lowest BCUT2D eigenvalue weighted by atomic mass is 10.2. The van der Waals surface area contributed by atoms with Gasteiger partial charge >= 0.3 is 0 Å². The number of carbonyl (C=O) groups is 1. The Kier molecular flexibility index (Phi) is 8.54. The van der Waals surface area contributed by atoms with E-state index in [-0.39, 0.29) is 5.91 Å². The molecule has 2 aromatic carbocycles. The maximum Gasteiger partial charge on any atom is 0.275 e. The molecule has 5 nitrogen and oxygen atoms in total. The third kappa shape index (κ3) is 6.52. The van der Waals surface area contributed by atoms with Crippen LogP contribution in [0.5, 0.6) is 11.5 Å². The molecule has 0 spiro atoms. The highest BCUT2D eigenvalue weighted by atomic mass is 79.9. The van der Waals surface area contributed by atoms with Crippen LogP contribution in [0.1, 0.15) is 29.3 Å². The van der Waals surface area contributed by atoms with Crippen molar-refractivity contribution < 1.29 is 14.3 Å². The molecule has 0 aromatic heterocycles. The van der Waals surface area contributed by atoms with Crippen molar-refractivity contribution in [2.24, 2.45) is 5.10 Å². The lowest BCUT2D eigenvalue weighted by Crippen LogP contribution is -2.19. The lowest BCUT2D eigenvalue weighted by Gasteiger charge is -2.10. The van der Waals surface area contributed by atoms with Gasteiger partial charge in [0.25, 0.3) is 5.91 Å². The molecular formula is C20H20Br2N2O3. The Balaban J connectivity index is 2.15. The number of carbonyl (C=O) groups excluding carboxylic acids is 1. The molecule has 0 unspecified atom stereocenters. The molecule has 1 N–H and O–H groups in total. The van der Waals surface area contributed by atoms with Crippen molar-refractivity contribution in [1.82, 2.24) is 5.43 Å². The highest BCUT2D eigenvalue weighted by molar-refractivity contribution is 9.10. The minimum absolute atomic E-state index is 0.307. The number of hydrogen-bond donors (Lipinski definition) is 1. The molecule has 0 aliphatic rings. The summed E-state index contributed by atoms with van der Waals surface area (Å²) in [5.41, 5.74) is 3.66. The Morgan fingerprint density at radius 2 is 1.85 bits per heavy atom. The van der Waals surface area contributed by atoms with Crippen LogP contribution in [-0.2, 0) is 0 Å². The second-order valence-corrected chi connectivity index (χ2v) is 7.30. The molecule has 2 rings (SSSR count). The van der Waals surface area contributed by atoms with Gasteiger partial charge in [0, 0.05) is 14.5 Å². The minimum atomic E-state index is -0.377. The van der Waals surface area contributed by atoms with E-state index >= 15 is 0 Å². The fourth-order valence-electron chi connectivity index (χ4n) is 2.14. The molecule has 0 atom stereocenters. The van der Waals surface area contributed by atoms with Crippen LogP contribution in [0.3, 0.4) is 0 Å². The first-order valence-electron chi connectivity index (χ1n) is 8.34. The van der Waals surface area contributed by atoms with Crippen LogP contribution in [0.25, 0.3) is 0 Å². The number of nitrogens with one attached hydrogen (secondary N) is 1. The van der Waals surface area contributed by atoms with E-state index in [0.717, 1.165) is 20.9 Å². The van der Waals surface area contributed by atoms with Gasteiger partial charge in [-0.1, -0.05) is 51.4 Å². The summed E-state index contributed by atoms with van der Waals surface area (Å²) in [6.45, 7) is 6.57. The highest BCUT2D eigenvalue weighted by Crippen LogP contribution is 2.24. The number of ether oxygens (including phenoxy) is 2. The predicted molar refractivity (Wildman–Crippen MR) is 115 cm³/mol. The largest absolute Gasteiger partial charge is 0.493 e. The number of nitrogens with zero attached hydrogens (tertiary/aromatic N) is 1. The standard InChI is InChI=1S/C20H20Br2N2O3/c1-3-9-26-18-7-5-15(21)11-14(18)13-23-24-20(25)17-12-16(22)6-8-19(17)27-10-4-2/h4-8,11-13H,2-3,9-10H2,1H3,(H,24,25)/b23-13-. The van der Waals surface area contributed by atoms with Crippen molar-refractivity contribution in [3.63, 3.8) is 0 Å². The highest BCUT2D eigenvalue weighted by Gasteiger charge is 2.13. The van der Waals surface area contributed by atoms with Gasteiger partial charge in [0.05, 0.1) is 18.4 Å². The van der Waals surface area contributed by atoms with Gasteiger partial charge in [-0.05, 0) is 42.8 Å². The fourth-order valence-corrected chi connectivity index (χ4v) is 2.88. The van der Waals surface area contributed by atoms with Crippen LogP contribution >= 0.6 is 31.9 Å². The monoisotopic (exact) mass is 494 g/mol. The molecule has 142 valence electrons. The zero-order valence-corrected chi connectivity index (χ0v) is 18.0. The van der Waals surface area contributed by atoms with Crippen molar-refractivity contribution in [2.45, 2.75) is 13.3 Å². The number of halogens is 2. The topological polar surface area (TPSA) is 59.9 Å². The number of amides is 1.